The standard InChI is InChI=1S/C14H21ClN2O3/c1-14(2,19)9-17(3)13(18)16-12-7-5-6-11(15)10(12)8-20-4/h5-7,19H,8-9H2,1-4H3,(H,16,18). The van der Waals surface area contributed by atoms with Gasteiger partial charge in [-0.15, -0.1) is 0 Å². The van der Waals surface area contributed by atoms with E-state index in [1.54, 1.807) is 46.2 Å². The normalized spacial score (nSPS) is 11.3. The lowest BCUT2D eigenvalue weighted by molar-refractivity contribution is 0.0550. The quantitative estimate of drug-likeness (QED) is 0.879. The summed E-state index contributed by atoms with van der Waals surface area (Å²) in [5.74, 6) is 0. The zero-order valence-electron chi connectivity index (χ0n) is 12.2. The molecule has 0 fully saturated rings. The van der Waals surface area contributed by atoms with Gasteiger partial charge in [0, 0.05) is 30.4 Å². The maximum Gasteiger partial charge on any atom is 0.321 e. The van der Waals surface area contributed by atoms with Gasteiger partial charge in [0.15, 0.2) is 0 Å². The molecule has 0 aliphatic heterocycles. The van der Waals surface area contributed by atoms with E-state index < -0.39 is 5.60 Å². The fourth-order valence-electron chi connectivity index (χ4n) is 1.83. The Kier molecular flexibility index (Phi) is 5.80. The lowest BCUT2D eigenvalue weighted by atomic mass is 10.1. The fraction of sp³-hybridized carbons (Fsp3) is 0.500. The van der Waals surface area contributed by atoms with Crippen LogP contribution in [0.25, 0.3) is 0 Å². The number of rotatable bonds is 5. The second-order valence-electron chi connectivity index (χ2n) is 5.30. The summed E-state index contributed by atoms with van der Waals surface area (Å²) in [6, 6.07) is 4.95. The Morgan fingerprint density at radius 2 is 2.15 bits per heavy atom. The summed E-state index contributed by atoms with van der Waals surface area (Å²) in [6.07, 6.45) is 0. The van der Waals surface area contributed by atoms with Gasteiger partial charge in [-0.2, -0.15) is 0 Å². The van der Waals surface area contributed by atoms with Crippen molar-refractivity contribution in [2.24, 2.45) is 0 Å². The van der Waals surface area contributed by atoms with Crippen molar-refractivity contribution < 1.29 is 14.6 Å². The van der Waals surface area contributed by atoms with Gasteiger partial charge in [0.1, 0.15) is 0 Å². The third kappa shape index (κ3) is 5.00. The molecule has 0 bridgehead atoms. The number of anilines is 1. The molecule has 1 rings (SSSR count). The highest BCUT2D eigenvalue weighted by Crippen LogP contribution is 2.25. The van der Waals surface area contributed by atoms with E-state index in [1.165, 1.54) is 4.90 Å². The monoisotopic (exact) mass is 300 g/mol. The van der Waals surface area contributed by atoms with E-state index >= 15 is 0 Å². The number of carbonyl (C=O) groups is 1. The molecule has 112 valence electrons. The lowest BCUT2D eigenvalue weighted by Gasteiger charge is -2.26. The second kappa shape index (κ2) is 6.92. The molecule has 0 atom stereocenters. The first-order valence-electron chi connectivity index (χ1n) is 6.25. The highest BCUT2D eigenvalue weighted by atomic mass is 35.5. The number of carbonyl (C=O) groups excluding carboxylic acids is 1. The Morgan fingerprint density at radius 1 is 1.50 bits per heavy atom. The Balaban J connectivity index is 2.83. The molecular formula is C14H21ClN2O3. The SMILES string of the molecule is COCc1c(Cl)cccc1NC(=O)N(C)CC(C)(C)O. The van der Waals surface area contributed by atoms with Crippen molar-refractivity contribution in [1.29, 1.82) is 0 Å². The number of nitrogens with zero attached hydrogens (tertiary/aromatic N) is 1. The van der Waals surface area contributed by atoms with Crippen LogP contribution in [-0.4, -0.2) is 42.3 Å². The average molecular weight is 301 g/mol. The van der Waals surface area contributed by atoms with Crippen LogP contribution < -0.4 is 5.32 Å². The molecule has 0 saturated carbocycles. The number of amides is 2. The fourth-order valence-corrected chi connectivity index (χ4v) is 2.06. The summed E-state index contributed by atoms with van der Waals surface area (Å²) in [4.78, 5) is 13.5. The molecule has 0 aromatic heterocycles. The van der Waals surface area contributed by atoms with Gasteiger partial charge in [-0.05, 0) is 26.0 Å². The molecule has 0 aliphatic rings. The molecule has 0 radical (unpaired) electrons. The van der Waals surface area contributed by atoms with Crippen LogP contribution >= 0.6 is 11.6 Å². The Hall–Kier alpha value is -1.30. The summed E-state index contributed by atoms with van der Waals surface area (Å²) < 4.78 is 5.08. The van der Waals surface area contributed by atoms with Crippen molar-refractivity contribution in [3.8, 4) is 0 Å². The number of urea groups is 1. The van der Waals surface area contributed by atoms with Gasteiger partial charge in [-0.1, -0.05) is 17.7 Å². The van der Waals surface area contributed by atoms with Crippen LogP contribution in [0.3, 0.4) is 0 Å². The summed E-state index contributed by atoms with van der Waals surface area (Å²) in [6.45, 7) is 3.82. The first-order chi connectivity index (χ1) is 9.24. The van der Waals surface area contributed by atoms with Crippen LogP contribution in [0.15, 0.2) is 18.2 Å². The molecule has 0 spiro atoms. The van der Waals surface area contributed by atoms with E-state index in [0.29, 0.717) is 17.3 Å². The summed E-state index contributed by atoms with van der Waals surface area (Å²) in [5, 5.41) is 13.0. The van der Waals surface area contributed by atoms with Gasteiger partial charge >= 0.3 is 6.03 Å². The third-order valence-corrected chi connectivity index (χ3v) is 2.97. The van der Waals surface area contributed by atoms with Gasteiger partial charge in [0.25, 0.3) is 0 Å². The molecule has 1 aromatic rings. The zero-order chi connectivity index (χ0) is 15.3. The molecule has 2 N–H and O–H groups in total. The van der Waals surface area contributed by atoms with Crippen LogP contribution in [0, 0.1) is 0 Å². The van der Waals surface area contributed by atoms with E-state index in [9.17, 15) is 9.90 Å². The smallest absolute Gasteiger partial charge is 0.321 e. The topological polar surface area (TPSA) is 61.8 Å². The molecule has 5 nitrogen and oxygen atoms in total. The van der Waals surface area contributed by atoms with Gasteiger partial charge < -0.3 is 20.1 Å². The molecule has 6 heteroatoms. The van der Waals surface area contributed by atoms with Crippen LogP contribution in [0.4, 0.5) is 10.5 Å². The number of likely N-dealkylation sites (N-methyl/N-ethyl adjacent to an activating group) is 1. The Bertz CT molecular complexity index is 472. The molecule has 0 heterocycles. The summed E-state index contributed by atoms with van der Waals surface area (Å²) in [5.41, 5.74) is 0.379. The minimum atomic E-state index is -0.949. The number of hydrogen-bond acceptors (Lipinski definition) is 3. The molecule has 2 amide bonds. The third-order valence-electron chi connectivity index (χ3n) is 2.62. The van der Waals surface area contributed by atoms with Crippen LogP contribution in [0.2, 0.25) is 5.02 Å². The predicted octanol–water partition coefficient (Wildman–Crippen LogP) is 2.72. The van der Waals surface area contributed by atoms with E-state index in [4.69, 9.17) is 16.3 Å². The first-order valence-corrected chi connectivity index (χ1v) is 6.63. The van der Waals surface area contributed by atoms with Crippen molar-refractivity contribution in [3.63, 3.8) is 0 Å². The molecule has 0 saturated heterocycles. The van der Waals surface area contributed by atoms with Gasteiger partial charge in [-0.3, -0.25) is 0 Å². The van der Waals surface area contributed by atoms with Crippen molar-refractivity contribution in [2.45, 2.75) is 26.1 Å². The maximum absolute atomic E-state index is 12.1. The Morgan fingerprint density at radius 3 is 2.70 bits per heavy atom. The van der Waals surface area contributed by atoms with Gasteiger partial charge in [0.2, 0.25) is 0 Å². The number of methoxy groups -OCH3 is 1. The second-order valence-corrected chi connectivity index (χ2v) is 5.70. The summed E-state index contributed by atoms with van der Waals surface area (Å²) in [7, 11) is 3.18. The van der Waals surface area contributed by atoms with E-state index in [2.05, 4.69) is 5.32 Å². The van der Waals surface area contributed by atoms with Crippen molar-refractivity contribution >= 4 is 23.3 Å². The highest BCUT2D eigenvalue weighted by molar-refractivity contribution is 6.31. The molecule has 20 heavy (non-hydrogen) atoms. The summed E-state index contributed by atoms with van der Waals surface area (Å²) >= 11 is 6.09. The van der Waals surface area contributed by atoms with Crippen LogP contribution in [-0.2, 0) is 11.3 Å². The van der Waals surface area contributed by atoms with E-state index in [-0.39, 0.29) is 12.6 Å². The van der Waals surface area contributed by atoms with Gasteiger partial charge in [-0.25, -0.2) is 4.79 Å². The lowest BCUT2D eigenvalue weighted by Crippen LogP contribution is -2.41. The number of aliphatic hydroxyl groups is 1. The minimum Gasteiger partial charge on any atom is -0.389 e. The van der Waals surface area contributed by atoms with Crippen molar-refractivity contribution in [3.05, 3.63) is 28.8 Å². The van der Waals surface area contributed by atoms with E-state index in [0.717, 1.165) is 5.56 Å². The molecule has 1 aromatic carbocycles. The van der Waals surface area contributed by atoms with E-state index in [1.807, 2.05) is 0 Å². The molecular weight excluding hydrogens is 280 g/mol. The number of ether oxygens (including phenoxy) is 1. The van der Waals surface area contributed by atoms with Crippen LogP contribution in [0.5, 0.6) is 0 Å². The number of benzene rings is 1. The zero-order valence-corrected chi connectivity index (χ0v) is 13.0. The Labute approximate surface area is 124 Å². The van der Waals surface area contributed by atoms with Crippen molar-refractivity contribution in [2.75, 3.05) is 26.0 Å². The average Bonchev–Trinajstić information content (AvgIpc) is 2.31. The minimum absolute atomic E-state index is 0.221. The van der Waals surface area contributed by atoms with Crippen molar-refractivity contribution in [1.82, 2.24) is 4.90 Å². The maximum atomic E-state index is 12.1. The largest absolute Gasteiger partial charge is 0.389 e. The number of nitrogens with one attached hydrogen (secondary N) is 1. The number of hydrogen-bond donors (Lipinski definition) is 2. The number of halogens is 1. The van der Waals surface area contributed by atoms with Crippen LogP contribution in [0.1, 0.15) is 19.4 Å². The van der Waals surface area contributed by atoms with Gasteiger partial charge in [0.05, 0.1) is 18.8 Å². The molecule has 0 aliphatic carbocycles. The predicted molar refractivity (Wildman–Crippen MR) is 80.1 cm³/mol. The first kappa shape index (κ1) is 16.8. The highest BCUT2D eigenvalue weighted by Gasteiger charge is 2.20. The molecule has 0 unspecified atom stereocenters.